The fourth-order valence-corrected chi connectivity index (χ4v) is 3.16. The zero-order chi connectivity index (χ0) is 15.1. The molecule has 5 heteroatoms. The summed E-state index contributed by atoms with van der Waals surface area (Å²) in [6, 6.07) is 7.86. The molecule has 1 heterocycles. The lowest BCUT2D eigenvalue weighted by atomic mass is 10.2. The molecule has 1 aliphatic heterocycles. The molecule has 0 spiro atoms. The lowest BCUT2D eigenvalue weighted by Gasteiger charge is -2.27. The Kier molecular flexibility index (Phi) is 6.54. The van der Waals surface area contributed by atoms with Crippen molar-refractivity contribution in [2.75, 3.05) is 39.3 Å². The first-order chi connectivity index (χ1) is 10.1. The van der Waals surface area contributed by atoms with Gasteiger partial charge in [0.05, 0.1) is 0 Å². The van der Waals surface area contributed by atoms with Crippen molar-refractivity contribution >= 4 is 17.7 Å². The molecule has 0 radical (unpaired) electrons. The van der Waals surface area contributed by atoms with Gasteiger partial charge in [0, 0.05) is 55.0 Å². The van der Waals surface area contributed by atoms with Crippen LogP contribution in [-0.4, -0.2) is 55.3 Å². The van der Waals surface area contributed by atoms with Crippen molar-refractivity contribution in [1.82, 2.24) is 15.5 Å². The van der Waals surface area contributed by atoms with E-state index in [0.717, 1.165) is 38.3 Å². The predicted octanol–water partition coefficient (Wildman–Crippen LogP) is 1.82. The molecule has 1 saturated heterocycles. The molecule has 2 N–H and O–H groups in total. The number of hydrogen-bond acceptors (Lipinski definition) is 4. The van der Waals surface area contributed by atoms with E-state index in [1.165, 1.54) is 4.90 Å². The van der Waals surface area contributed by atoms with Gasteiger partial charge in [-0.15, -0.1) is 11.8 Å². The maximum atomic E-state index is 12.1. The van der Waals surface area contributed by atoms with Crippen LogP contribution in [0.5, 0.6) is 0 Å². The van der Waals surface area contributed by atoms with Gasteiger partial charge in [-0.1, -0.05) is 13.8 Å². The van der Waals surface area contributed by atoms with Crippen LogP contribution in [0.1, 0.15) is 24.2 Å². The summed E-state index contributed by atoms with van der Waals surface area (Å²) in [5.74, 6) is 0.0197. The second-order valence-corrected chi connectivity index (χ2v) is 7.19. The second-order valence-electron chi connectivity index (χ2n) is 5.54. The first-order valence-corrected chi connectivity index (χ1v) is 8.51. The first kappa shape index (κ1) is 16.3. The molecule has 0 atom stereocenters. The Morgan fingerprint density at radius 1 is 1.29 bits per heavy atom. The van der Waals surface area contributed by atoms with Crippen molar-refractivity contribution in [3.8, 4) is 0 Å². The minimum absolute atomic E-state index is 0.0197. The zero-order valence-corrected chi connectivity index (χ0v) is 13.7. The molecule has 4 nitrogen and oxygen atoms in total. The molecule has 0 saturated carbocycles. The molecule has 1 aromatic carbocycles. The summed E-state index contributed by atoms with van der Waals surface area (Å²) < 4.78 is 0. The van der Waals surface area contributed by atoms with E-state index in [9.17, 15) is 4.79 Å². The summed E-state index contributed by atoms with van der Waals surface area (Å²) in [5.41, 5.74) is 0.739. The number of rotatable bonds is 6. The normalized spacial score (nSPS) is 16.1. The fourth-order valence-electron chi connectivity index (χ4n) is 2.32. The molecule has 1 amide bonds. The summed E-state index contributed by atoms with van der Waals surface area (Å²) in [6.07, 6.45) is 0. The quantitative estimate of drug-likeness (QED) is 0.787. The lowest BCUT2D eigenvalue weighted by Crippen LogP contribution is -2.46. The number of benzene rings is 1. The molecule has 1 aliphatic rings. The second kappa shape index (κ2) is 8.41. The lowest BCUT2D eigenvalue weighted by molar-refractivity contribution is 0.0947. The van der Waals surface area contributed by atoms with Crippen LogP contribution in [0.4, 0.5) is 0 Å². The van der Waals surface area contributed by atoms with Crippen molar-refractivity contribution in [1.29, 1.82) is 0 Å². The third kappa shape index (κ3) is 5.69. The van der Waals surface area contributed by atoms with Crippen molar-refractivity contribution in [2.45, 2.75) is 24.0 Å². The predicted molar refractivity (Wildman–Crippen MR) is 89.1 cm³/mol. The SMILES string of the molecule is CC(C)Sc1ccc(C(=O)NCCN2CCNCC2)cc1. The van der Waals surface area contributed by atoms with Crippen LogP contribution in [-0.2, 0) is 0 Å². The van der Waals surface area contributed by atoms with Gasteiger partial charge in [-0.25, -0.2) is 0 Å². The number of piperazine rings is 1. The van der Waals surface area contributed by atoms with Gasteiger partial charge in [0.2, 0.25) is 0 Å². The van der Waals surface area contributed by atoms with Gasteiger partial charge >= 0.3 is 0 Å². The molecule has 0 unspecified atom stereocenters. The Morgan fingerprint density at radius 3 is 2.57 bits per heavy atom. The molecule has 0 aliphatic carbocycles. The summed E-state index contributed by atoms with van der Waals surface area (Å²) in [5, 5.41) is 6.89. The number of nitrogens with zero attached hydrogens (tertiary/aromatic N) is 1. The van der Waals surface area contributed by atoms with Gasteiger partial charge in [-0.05, 0) is 24.3 Å². The van der Waals surface area contributed by atoms with Gasteiger partial charge in [0.15, 0.2) is 0 Å². The van der Waals surface area contributed by atoms with E-state index in [1.807, 2.05) is 36.0 Å². The average Bonchev–Trinajstić information content (AvgIpc) is 2.48. The van der Waals surface area contributed by atoms with Crippen LogP contribution in [0.3, 0.4) is 0 Å². The summed E-state index contributed by atoms with van der Waals surface area (Å²) >= 11 is 1.81. The number of nitrogens with one attached hydrogen (secondary N) is 2. The number of thioether (sulfide) groups is 1. The van der Waals surface area contributed by atoms with E-state index in [0.29, 0.717) is 11.8 Å². The van der Waals surface area contributed by atoms with Gasteiger partial charge in [0.1, 0.15) is 0 Å². The summed E-state index contributed by atoms with van der Waals surface area (Å²) in [6.45, 7) is 10.2. The smallest absolute Gasteiger partial charge is 0.251 e. The molecule has 1 fully saturated rings. The minimum atomic E-state index is 0.0197. The highest BCUT2D eigenvalue weighted by Crippen LogP contribution is 2.22. The van der Waals surface area contributed by atoms with Gasteiger partial charge in [-0.3, -0.25) is 9.69 Å². The first-order valence-electron chi connectivity index (χ1n) is 7.63. The minimum Gasteiger partial charge on any atom is -0.351 e. The van der Waals surface area contributed by atoms with Crippen LogP contribution in [0.25, 0.3) is 0 Å². The van der Waals surface area contributed by atoms with Crippen LogP contribution < -0.4 is 10.6 Å². The van der Waals surface area contributed by atoms with E-state index in [-0.39, 0.29) is 5.91 Å². The van der Waals surface area contributed by atoms with Crippen LogP contribution in [0.2, 0.25) is 0 Å². The largest absolute Gasteiger partial charge is 0.351 e. The van der Waals surface area contributed by atoms with E-state index in [2.05, 4.69) is 29.4 Å². The monoisotopic (exact) mass is 307 g/mol. The van der Waals surface area contributed by atoms with Crippen molar-refractivity contribution in [2.24, 2.45) is 0 Å². The topological polar surface area (TPSA) is 44.4 Å². The van der Waals surface area contributed by atoms with Crippen molar-refractivity contribution in [3.05, 3.63) is 29.8 Å². The Morgan fingerprint density at radius 2 is 1.95 bits per heavy atom. The van der Waals surface area contributed by atoms with E-state index < -0.39 is 0 Å². The molecule has 2 rings (SSSR count). The van der Waals surface area contributed by atoms with Crippen molar-refractivity contribution in [3.63, 3.8) is 0 Å². The maximum Gasteiger partial charge on any atom is 0.251 e. The number of amides is 1. The van der Waals surface area contributed by atoms with Crippen LogP contribution in [0, 0.1) is 0 Å². The van der Waals surface area contributed by atoms with E-state index in [1.54, 1.807) is 0 Å². The van der Waals surface area contributed by atoms with E-state index in [4.69, 9.17) is 0 Å². The van der Waals surface area contributed by atoms with Crippen LogP contribution >= 0.6 is 11.8 Å². The molecule has 0 aromatic heterocycles. The number of carbonyl (C=O) groups excluding carboxylic acids is 1. The molecular formula is C16H25N3OS. The van der Waals surface area contributed by atoms with Gasteiger partial charge in [-0.2, -0.15) is 0 Å². The van der Waals surface area contributed by atoms with Crippen LogP contribution in [0.15, 0.2) is 29.2 Å². The molecule has 116 valence electrons. The molecular weight excluding hydrogens is 282 g/mol. The van der Waals surface area contributed by atoms with E-state index >= 15 is 0 Å². The molecule has 1 aromatic rings. The number of carbonyl (C=O) groups is 1. The Bertz CT molecular complexity index is 441. The molecule has 0 bridgehead atoms. The standard InChI is InChI=1S/C16H25N3OS/c1-13(2)21-15-5-3-14(4-6-15)16(20)18-9-12-19-10-7-17-8-11-19/h3-6,13,17H,7-12H2,1-2H3,(H,18,20). The third-order valence-corrected chi connectivity index (χ3v) is 4.43. The maximum absolute atomic E-state index is 12.1. The molecule has 21 heavy (non-hydrogen) atoms. The Balaban J connectivity index is 1.74. The number of hydrogen-bond donors (Lipinski definition) is 2. The summed E-state index contributed by atoms with van der Waals surface area (Å²) in [7, 11) is 0. The van der Waals surface area contributed by atoms with Gasteiger partial charge < -0.3 is 10.6 Å². The Labute approximate surface area is 131 Å². The highest BCUT2D eigenvalue weighted by atomic mass is 32.2. The average molecular weight is 307 g/mol. The third-order valence-electron chi connectivity index (χ3n) is 3.41. The Hall–Kier alpha value is -1.04. The zero-order valence-electron chi connectivity index (χ0n) is 12.9. The highest BCUT2D eigenvalue weighted by molar-refractivity contribution is 7.99. The summed E-state index contributed by atoms with van der Waals surface area (Å²) in [4.78, 5) is 15.7. The highest BCUT2D eigenvalue weighted by Gasteiger charge is 2.10. The van der Waals surface area contributed by atoms with Crippen molar-refractivity contribution < 1.29 is 4.79 Å². The fraction of sp³-hybridized carbons (Fsp3) is 0.562. The van der Waals surface area contributed by atoms with Gasteiger partial charge in [0.25, 0.3) is 5.91 Å².